The minimum absolute atomic E-state index is 0.260. The molecular weight excluding hydrogens is 224 g/mol. The summed E-state index contributed by atoms with van der Waals surface area (Å²) in [6.45, 7) is 0. The van der Waals surface area contributed by atoms with E-state index in [2.05, 4.69) is 0 Å². The molecule has 2 heteroatoms. The van der Waals surface area contributed by atoms with Crippen molar-refractivity contribution in [3.05, 3.63) is 0 Å². The molecule has 0 bridgehead atoms. The van der Waals surface area contributed by atoms with Crippen molar-refractivity contribution in [3.63, 3.8) is 0 Å². The zero-order valence-electron chi connectivity index (χ0n) is 11.7. The van der Waals surface area contributed by atoms with Crippen LogP contribution in [0.25, 0.3) is 0 Å². The molecule has 2 atom stereocenters. The molecule has 18 heavy (non-hydrogen) atoms. The second-order valence-electron chi connectivity index (χ2n) is 6.59. The lowest BCUT2D eigenvalue weighted by Gasteiger charge is -2.29. The minimum Gasteiger partial charge on any atom is -0.393 e. The molecule has 0 spiro atoms. The molecule has 0 heterocycles. The molecule has 0 amide bonds. The Labute approximate surface area is 112 Å². The van der Waals surface area contributed by atoms with E-state index in [-0.39, 0.29) is 12.2 Å². The maximum atomic E-state index is 10.2. The van der Waals surface area contributed by atoms with Gasteiger partial charge >= 0.3 is 0 Å². The van der Waals surface area contributed by atoms with Gasteiger partial charge < -0.3 is 10.2 Å². The molecule has 2 saturated carbocycles. The summed E-state index contributed by atoms with van der Waals surface area (Å²) in [4.78, 5) is 0. The third-order valence-electron chi connectivity index (χ3n) is 5.04. The average Bonchev–Trinajstić information content (AvgIpc) is 2.40. The van der Waals surface area contributed by atoms with Crippen molar-refractivity contribution in [2.45, 2.75) is 89.3 Å². The highest BCUT2D eigenvalue weighted by Gasteiger charge is 2.25. The van der Waals surface area contributed by atoms with E-state index < -0.39 is 0 Å². The highest BCUT2D eigenvalue weighted by Crippen LogP contribution is 2.31. The molecular formula is C16H30O2. The maximum Gasteiger partial charge on any atom is 0.0593 e. The summed E-state index contributed by atoms with van der Waals surface area (Å²) in [6.07, 6.45) is 13.8. The van der Waals surface area contributed by atoms with Crippen LogP contribution in [-0.4, -0.2) is 22.4 Å². The van der Waals surface area contributed by atoms with Crippen molar-refractivity contribution in [3.8, 4) is 0 Å². The maximum absolute atomic E-state index is 10.2. The van der Waals surface area contributed by atoms with Gasteiger partial charge in [-0.05, 0) is 37.5 Å². The third-order valence-corrected chi connectivity index (χ3v) is 5.04. The normalized spacial score (nSPS) is 27.0. The van der Waals surface area contributed by atoms with Crippen LogP contribution >= 0.6 is 0 Å². The quantitative estimate of drug-likeness (QED) is 0.786. The van der Waals surface area contributed by atoms with E-state index in [1.807, 2.05) is 0 Å². The molecule has 2 rings (SSSR count). The van der Waals surface area contributed by atoms with Crippen LogP contribution in [-0.2, 0) is 0 Å². The standard InChI is InChI=1S/C16H30O2/c17-15(11-13-7-3-1-4-8-13)12-16(18)14-9-5-2-6-10-14/h13-18H,1-12H2. The van der Waals surface area contributed by atoms with Crippen LogP contribution in [0.4, 0.5) is 0 Å². The van der Waals surface area contributed by atoms with E-state index in [0.717, 1.165) is 19.3 Å². The van der Waals surface area contributed by atoms with E-state index >= 15 is 0 Å². The van der Waals surface area contributed by atoms with Gasteiger partial charge in [0.25, 0.3) is 0 Å². The number of aliphatic hydroxyl groups excluding tert-OH is 2. The number of hydrogen-bond acceptors (Lipinski definition) is 2. The molecule has 2 N–H and O–H groups in total. The summed E-state index contributed by atoms with van der Waals surface area (Å²) < 4.78 is 0. The highest BCUT2D eigenvalue weighted by molar-refractivity contribution is 4.77. The van der Waals surface area contributed by atoms with E-state index in [9.17, 15) is 10.2 Å². The van der Waals surface area contributed by atoms with E-state index in [1.165, 1.54) is 51.4 Å². The van der Waals surface area contributed by atoms with Gasteiger partial charge in [-0.3, -0.25) is 0 Å². The van der Waals surface area contributed by atoms with Crippen LogP contribution in [0.2, 0.25) is 0 Å². The lowest BCUT2D eigenvalue weighted by atomic mass is 9.81. The summed E-state index contributed by atoms with van der Waals surface area (Å²) in [5.74, 6) is 1.17. The molecule has 0 aromatic rings. The first-order chi connectivity index (χ1) is 8.75. The van der Waals surface area contributed by atoms with Gasteiger partial charge in [-0.25, -0.2) is 0 Å². The first kappa shape index (κ1) is 14.3. The van der Waals surface area contributed by atoms with Crippen LogP contribution in [0.1, 0.15) is 77.0 Å². The van der Waals surface area contributed by atoms with Gasteiger partial charge in [-0.15, -0.1) is 0 Å². The molecule has 2 aliphatic rings. The van der Waals surface area contributed by atoms with Gasteiger partial charge in [0.2, 0.25) is 0 Å². The van der Waals surface area contributed by atoms with Crippen LogP contribution in [0.5, 0.6) is 0 Å². The van der Waals surface area contributed by atoms with Gasteiger partial charge in [0.1, 0.15) is 0 Å². The summed E-state index contributed by atoms with van der Waals surface area (Å²) in [5, 5.41) is 20.4. The van der Waals surface area contributed by atoms with Crippen LogP contribution in [0, 0.1) is 11.8 Å². The Morgan fingerprint density at radius 3 is 1.94 bits per heavy atom. The van der Waals surface area contributed by atoms with Gasteiger partial charge in [0, 0.05) is 0 Å². The lowest BCUT2D eigenvalue weighted by Crippen LogP contribution is -2.28. The SMILES string of the molecule is OC(CC1CCCCC1)CC(O)C1CCCCC1. The Bertz CT molecular complexity index is 217. The summed E-state index contributed by atoms with van der Waals surface area (Å²) in [5.41, 5.74) is 0. The highest BCUT2D eigenvalue weighted by atomic mass is 16.3. The molecule has 2 fully saturated rings. The molecule has 2 unspecified atom stereocenters. The summed E-state index contributed by atoms with van der Waals surface area (Å²) in [7, 11) is 0. The van der Waals surface area contributed by atoms with Crippen LogP contribution < -0.4 is 0 Å². The molecule has 0 radical (unpaired) electrons. The molecule has 0 saturated heterocycles. The molecule has 2 nitrogen and oxygen atoms in total. The zero-order chi connectivity index (χ0) is 12.8. The van der Waals surface area contributed by atoms with Gasteiger partial charge in [0.15, 0.2) is 0 Å². The first-order valence-corrected chi connectivity index (χ1v) is 8.12. The van der Waals surface area contributed by atoms with E-state index in [0.29, 0.717) is 18.3 Å². The van der Waals surface area contributed by atoms with Crippen LogP contribution in [0.3, 0.4) is 0 Å². The molecule has 0 aliphatic heterocycles. The lowest BCUT2D eigenvalue weighted by molar-refractivity contribution is 0.0205. The molecule has 2 aliphatic carbocycles. The summed E-state index contributed by atoms with van der Waals surface area (Å²) >= 11 is 0. The summed E-state index contributed by atoms with van der Waals surface area (Å²) in [6, 6.07) is 0. The first-order valence-electron chi connectivity index (χ1n) is 8.12. The van der Waals surface area contributed by atoms with Crippen molar-refractivity contribution < 1.29 is 10.2 Å². The van der Waals surface area contributed by atoms with Crippen molar-refractivity contribution in [2.24, 2.45) is 11.8 Å². The zero-order valence-corrected chi connectivity index (χ0v) is 11.7. The fourth-order valence-electron chi connectivity index (χ4n) is 3.89. The Morgan fingerprint density at radius 2 is 1.33 bits per heavy atom. The number of rotatable bonds is 5. The van der Waals surface area contributed by atoms with Crippen molar-refractivity contribution in [1.82, 2.24) is 0 Å². The molecule has 0 aromatic carbocycles. The molecule has 106 valence electrons. The second kappa shape index (κ2) is 7.49. The Hall–Kier alpha value is -0.0800. The van der Waals surface area contributed by atoms with E-state index in [1.54, 1.807) is 0 Å². The smallest absolute Gasteiger partial charge is 0.0593 e. The Morgan fingerprint density at radius 1 is 0.778 bits per heavy atom. The Kier molecular flexibility index (Phi) is 5.97. The predicted molar refractivity (Wildman–Crippen MR) is 74.4 cm³/mol. The average molecular weight is 254 g/mol. The Balaban J connectivity index is 1.67. The largest absolute Gasteiger partial charge is 0.393 e. The monoisotopic (exact) mass is 254 g/mol. The van der Waals surface area contributed by atoms with Gasteiger partial charge in [-0.1, -0.05) is 51.4 Å². The second-order valence-corrected chi connectivity index (χ2v) is 6.59. The van der Waals surface area contributed by atoms with Crippen molar-refractivity contribution >= 4 is 0 Å². The number of hydrogen-bond donors (Lipinski definition) is 2. The number of aliphatic hydroxyl groups is 2. The fraction of sp³-hybridized carbons (Fsp3) is 1.00. The van der Waals surface area contributed by atoms with Crippen molar-refractivity contribution in [1.29, 1.82) is 0 Å². The van der Waals surface area contributed by atoms with E-state index in [4.69, 9.17) is 0 Å². The topological polar surface area (TPSA) is 40.5 Å². The van der Waals surface area contributed by atoms with Gasteiger partial charge in [0.05, 0.1) is 12.2 Å². The fourth-order valence-corrected chi connectivity index (χ4v) is 3.89. The third kappa shape index (κ3) is 4.55. The van der Waals surface area contributed by atoms with Gasteiger partial charge in [-0.2, -0.15) is 0 Å². The van der Waals surface area contributed by atoms with Crippen LogP contribution in [0.15, 0.2) is 0 Å². The van der Waals surface area contributed by atoms with Crippen molar-refractivity contribution in [2.75, 3.05) is 0 Å². The molecule has 0 aromatic heterocycles. The minimum atomic E-state index is -0.273. The predicted octanol–water partition coefficient (Wildman–Crippen LogP) is 3.65.